The fourth-order valence-electron chi connectivity index (χ4n) is 3.57. The highest BCUT2D eigenvalue weighted by molar-refractivity contribution is 6.04. The van der Waals surface area contributed by atoms with Crippen LogP contribution in [0.15, 0.2) is 18.3 Å². The molecule has 2 aromatic heterocycles. The minimum absolute atomic E-state index is 0.260. The number of fused-ring (bicyclic) bond motifs is 1. The SMILES string of the molecule is CN1CC[C@@](O)(C#Cc2cc(NC(=O)c3n[nH]c4c3CCCC4)ccn2)C1=O. The van der Waals surface area contributed by atoms with Crippen LogP contribution in [0.25, 0.3) is 0 Å². The predicted octanol–water partition coefficient (Wildman–Crippen LogP) is 0.880. The third-order valence-electron chi connectivity index (χ3n) is 5.20. The van der Waals surface area contributed by atoms with Crippen molar-refractivity contribution >= 4 is 17.5 Å². The second-order valence-corrected chi connectivity index (χ2v) is 7.21. The highest BCUT2D eigenvalue weighted by Crippen LogP contribution is 2.23. The van der Waals surface area contributed by atoms with E-state index in [0.717, 1.165) is 36.9 Å². The zero-order valence-electron chi connectivity index (χ0n) is 15.6. The van der Waals surface area contributed by atoms with E-state index < -0.39 is 11.5 Å². The van der Waals surface area contributed by atoms with E-state index >= 15 is 0 Å². The number of aliphatic hydroxyl groups is 1. The van der Waals surface area contributed by atoms with Gasteiger partial charge in [0, 0.05) is 43.2 Å². The summed E-state index contributed by atoms with van der Waals surface area (Å²) in [5, 5.41) is 20.3. The van der Waals surface area contributed by atoms with Crippen LogP contribution in [0.3, 0.4) is 0 Å². The Kier molecular flexibility index (Phi) is 4.61. The van der Waals surface area contributed by atoms with Crippen molar-refractivity contribution in [3.63, 3.8) is 0 Å². The van der Waals surface area contributed by atoms with Crippen LogP contribution >= 0.6 is 0 Å². The average molecular weight is 379 g/mol. The summed E-state index contributed by atoms with van der Waals surface area (Å²) in [6.07, 6.45) is 5.71. The number of anilines is 1. The molecule has 0 bridgehead atoms. The number of nitrogens with one attached hydrogen (secondary N) is 2. The van der Waals surface area contributed by atoms with Gasteiger partial charge in [-0.1, -0.05) is 5.92 Å². The molecule has 8 nitrogen and oxygen atoms in total. The first-order chi connectivity index (χ1) is 13.5. The molecule has 4 rings (SSSR count). The number of carbonyl (C=O) groups is 2. The van der Waals surface area contributed by atoms with Crippen LogP contribution in [-0.2, 0) is 17.6 Å². The Hall–Kier alpha value is -3.18. The zero-order valence-corrected chi connectivity index (χ0v) is 15.6. The van der Waals surface area contributed by atoms with Gasteiger partial charge in [-0.05, 0) is 43.7 Å². The molecule has 28 heavy (non-hydrogen) atoms. The summed E-state index contributed by atoms with van der Waals surface area (Å²) in [4.78, 5) is 30.2. The van der Waals surface area contributed by atoms with Crippen LogP contribution in [0.2, 0.25) is 0 Å². The van der Waals surface area contributed by atoms with Crippen LogP contribution in [0.4, 0.5) is 5.69 Å². The number of amides is 2. The second-order valence-electron chi connectivity index (χ2n) is 7.21. The van der Waals surface area contributed by atoms with Crippen molar-refractivity contribution in [3.05, 3.63) is 41.0 Å². The summed E-state index contributed by atoms with van der Waals surface area (Å²) in [6.45, 7) is 0.460. The van der Waals surface area contributed by atoms with Gasteiger partial charge in [-0.2, -0.15) is 5.10 Å². The number of rotatable bonds is 2. The standard InChI is InChI=1S/C20H21N5O3/c1-25-11-9-20(28,19(25)27)8-6-13-12-14(7-10-21-13)22-18(26)17-15-4-2-3-5-16(15)23-24-17/h7,10,12,28H,2-5,9,11H2,1H3,(H,23,24)(H,21,22,26)/t20-/m0/s1. The highest BCUT2D eigenvalue weighted by atomic mass is 16.3. The fourth-order valence-corrected chi connectivity index (χ4v) is 3.57. The molecule has 3 N–H and O–H groups in total. The second kappa shape index (κ2) is 7.09. The van der Waals surface area contributed by atoms with Gasteiger partial charge in [0.1, 0.15) is 5.69 Å². The van der Waals surface area contributed by atoms with Gasteiger partial charge in [0.25, 0.3) is 11.8 Å². The molecule has 144 valence electrons. The van der Waals surface area contributed by atoms with Gasteiger partial charge in [-0.25, -0.2) is 4.98 Å². The summed E-state index contributed by atoms with van der Waals surface area (Å²) in [7, 11) is 1.63. The molecule has 0 unspecified atom stereocenters. The number of likely N-dealkylation sites (N-methyl/N-ethyl adjacent to an activating group) is 1. The molecule has 2 aliphatic rings. The van der Waals surface area contributed by atoms with Crippen molar-refractivity contribution in [1.82, 2.24) is 20.1 Å². The Labute approximate surface area is 162 Å². The number of hydrogen-bond acceptors (Lipinski definition) is 5. The minimum atomic E-state index is -1.68. The van der Waals surface area contributed by atoms with Crippen LogP contribution in [-0.4, -0.2) is 56.2 Å². The van der Waals surface area contributed by atoms with Crippen LogP contribution < -0.4 is 5.32 Å². The molecule has 0 aromatic carbocycles. The lowest BCUT2D eigenvalue weighted by Crippen LogP contribution is -2.37. The van der Waals surface area contributed by atoms with Gasteiger partial charge in [-0.15, -0.1) is 0 Å². The third-order valence-corrected chi connectivity index (χ3v) is 5.20. The number of aromatic amines is 1. The first-order valence-electron chi connectivity index (χ1n) is 9.31. The maximum Gasteiger partial charge on any atom is 0.276 e. The lowest BCUT2D eigenvalue weighted by molar-refractivity contribution is -0.137. The minimum Gasteiger partial charge on any atom is -0.369 e. The molecular weight excluding hydrogens is 358 g/mol. The Morgan fingerprint density at radius 3 is 3.00 bits per heavy atom. The van der Waals surface area contributed by atoms with E-state index in [-0.39, 0.29) is 12.3 Å². The van der Waals surface area contributed by atoms with Crippen molar-refractivity contribution in [2.45, 2.75) is 37.7 Å². The highest BCUT2D eigenvalue weighted by Gasteiger charge is 2.42. The Morgan fingerprint density at radius 1 is 1.39 bits per heavy atom. The van der Waals surface area contributed by atoms with Gasteiger partial charge in [-0.3, -0.25) is 14.7 Å². The van der Waals surface area contributed by atoms with Gasteiger partial charge in [0.15, 0.2) is 5.69 Å². The number of pyridine rings is 1. The Bertz CT molecular complexity index is 1000. The molecule has 0 saturated carbocycles. The van der Waals surface area contributed by atoms with Crippen molar-refractivity contribution in [2.75, 3.05) is 18.9 Å². The molecule has 1 aliphatic carbocycles. The van der Waals surface area contributed by atoms with E-state index in [2.05, 4.69) is 32.3 Å². The largest absolute Gasteiger partial charge is 0.369 e. The summed E-state index contributed by atoms with van der Waals surface area (Å²) < 4.78 is 0. The molecule has 3 heterocycles. The number of nitrogens with zero attached hydrogens (tertiary/aromatic N) is 3. The predicted molar refractivity (Wildman–Crippen MR) is 102 cm³/mol. The van der Waals surface area contributed by atoms with Gasteiger partial charge in [0.2, 0.25) is 5.60 Å². The quantitative estimate of drug-likeness (QED) is 0.671. The van der Waals surface area contributed by atoms with E-state index in [1.54, 1.807) is 19.2 Å². The zero-order chi connectivity index (χ0) is 19.7. The molecule has 1 aliphatic heterocycles. The Morgan fingerprint density at radius 2 is 2.21 bits per heavy atom. The van der Waals surface area contributed by atoms with E-state index in [1.807, 2.05) is 0 Å². The number of H-pyrrole nitrogens is 1. The van der Waals surface area contributed by atoms with Crippen molar-refractivity contribution in [2.24, 2.45) is 0 Å². The average Bonchev–Trinajstić information content (AvgIpc) is 3.24. The molecule has 2 amide bonds. The molecule has 1 atom stereocenters. The molecule has 8 heteroatoms. The number of aromatic nitrogens is 3. The number of carbonyl (C=O) groups excluding carboxylic acids is 2. The Balaban J connectivity index is 1.51. The maximum absolute atomic E-state index is 12.6. The van der Waals surface area contributed by atoms with Crippen LogP contribution in [0.5, 0.6) is 0 Å². The number of hydrogen-bond donors (Lipinski definition) is 3. The first-order valence-corrected chi connectivity index (χ1v) is 9.31. The molecule has 0 radical (unpaired) electrons. The molecule has 1 fully saturated rings. The van der Waals surface area contributed by atoms with Crippen molar-refractivity contribution in [3.8, 4) is 11.8 Å². The van der Waals surface area contributed by atoms with Gasteiger partial charge >= 0.3 is 0 Å². The number of likely N-dealkylation sites (tertiary alicyclic amines) is 1. The summed E-state index contributed by atoms with van der Waals surface area (Å²) >= 11 is 0. The summed E-state index contributed by atoms with van der Waals surface area (Å²) in [6, 6.07) is 3.27. The topological polar surface area (TPSA) is 111 Å². The monoisotopic (exact) mass is 379 g/mol. The molecule has 0 spiro atoms. The summed E-state index contributed by atoms with van der Waals surface area (Å²) in [5.41, 5.74) is 1.66. The van der Waals surface area contributed by atoms with Crippen LogP contribution in [0, 0.1) is 11.8 Å². The first kappa shape index (κ1) is 18.2. The van der Waals surface area contributed by atoms with Gasteiger partial charge in [0.05, 0.1) is 0 Å². The van der Waals surface area contributed by atoms with Crippen molar-refractivity contribution < 1.29 is 14.7 Å². The third kappa shape index (κ3) is 3.37. The lowest BCUT2D eigenvalue weighted by atomic mass is 9.96. The number of aryl methyl sites for hydroxylation is 1. The van der Waals surface area contributed by atoms with E-state index in [4.69, 9.17) is 0 Å². The molecular formula is C20H21N5O3. The summed E-state index contributed by atoms with van der Waals surface area (Å²) in [5.74, 6) is 4.68. The maximum atomic E-state index is 12.6. The molecule has 2 aromatic rings. The fraction of sp³-hybridized carbons (Fsp3) is 0.400. The lowest BCUT2D eigenvalue weighted by Gasteiger charge is -2.13. The van der Waals surface area contributed by atoms with Crippen molar-refractivity contribution in [1.29, 1.82) is 0 Å². The van der Waals surface area contributed by atoms with E-state index in [9.17, 15) is 14.7 Å². The smallest absolute Gasteiger partial charge is 0.276 e. The molecule has 1 saturated heterocycles. The van der Waals surface area contributed by atoms with Gasteiger partial charge < -0.3 is 15.3 Å². The van der Waals surface area contributed by atoms with E-state index in [1.165, 1.54) is 11.1 Å². The normalized spacial score (nSPS) is 21.1. The van der Waals surface area contributed by atoms with E-state index in [0.29, 0.717) is 23.6 Å². The van der Waals surface area contributed by atoms with Crippen LogP contribution in [0.1, 0.15) is 46.7 Å².